The summed E-state index contributed by atoms with van der Waals surface area (Å²) in [6.07, 6.45) is 5.89. The minimum atomic E-state index is 0.765. The minimum Gasteiger partial charge on any atom is -0.380 e. The van der Waals surface area contributed by atoms with Gasteiger partial charge >= 0.3 is 0 Å². The van der Waals surface area contributed by atoms with Gasteiger partial charge in [-0.25, -0.2) is 0 Å². The zero-order valence-electron chi connectivity index (χ0n) is 10.7. The second-order valence-electron chi connectivity index (χ2n) is 4.84. The lowest BCUT2D eigenvalue weighted by Crippen LogP contribution is -2.33. The van der Waals surface area contributed by atoms with Crippen molar-refractivity contribution in [2.24, 2.45) is 11.7 Å². The van der Waals surface area contributed by atoms with Crippen LogP contribution in [0.4, 0.5) is 0 Å². The minimum absolute atomic E-state index is 0.765. The van der Waals surface area contributed by atoms with Crippen LogP contribution in [0.1, 0.15) is 26.2 Å². The summed E-state index contributed by atoms with van der Waals surface area (Å²) in [7, 11) is 1.77. The summed E-state index contributed by atoms with van der Waals surface area (Å²) in [6.45, 7) is 7.42. The molecular formula is C13H26N2O. The van der Waals surface area contributed by atoms with Crippen molar-refractivity contribution in [2.45, 2.75) is 26.2 Å². The van der Waals surface area contributed by atoms with E-state index in [1.807, 2.05) is 0 Å². The highest BCUT2D eigenvalue weighted by molar-refractivity contribution is 5.07. The third-order valence-corrected chi connectivity index (χ3v) is 3.19. The van der Waals surface area contributed by atoms with Gasteiger partial charge in [-0.3, -0.25) is 4.90 Å². The summed E-state index contributed by atoms with van der Waals surface area (Å²) in [5.41, 5.74) is 6.98. The highest BCUT2D eigenvalue weighted by Crippen LogP contribution is 2.14. The number of hydrogen-bond donors (Lipinski definition) is 1. The lowest BCUT2D eigenvalue weighted by molar-refractivity contribution is 0.204. The SMILES string of the molecule is COCC1=CCN(CC(C)CCCN)CC1. The van der Waals surface area contributed by atoms with Gasteiger partial charge in [0.05, 0.1) is 6.61 Å². The molecule has 0 radical (unpaired) electrons. The molecule has 0 aliphatic carbocycles. The summed E-state index contributed by atoms with van der Waals surface area (Å²) in [4.78, 5) is 2.53. The summed E-state index contributed by atoms with van der Waals surface area (Å²) >= 11 is 0. The first-order valence-corrected chi connectivity index (χ1v) is 6.35. The van der Waals surface area contributed by atoms with E-state index in [9.17, 15) is 0 Å². The molecule has 1 heterocycles. The number of ether oxygens (including phenoxy) is 1. The van der Waals surface area contributed by atoms with Gasteiger partial charge in [0.1, 0.15) is 0 Å². The van der Waals surface area contributed by atoms with Crippen LogP contribution in [0.3, 0.4) is 0 Å². The molecule has 3 nitrogen and oxygen atoms in total. The predicted molar refractivity (Wildman–Crippen MR) is 68.5 cm³/mol. The van der Waals surface area contributed by atoms with Gasteiger partial charge in [-0.05, 0) is 37.3 Å². The Balaban J connectivity index is 2.20. The first kappa shape index (κ1) is 13.7. The van der Waals surface area contributed by atoms with Gasteiger partial charge < -0.3 is 10.5 Å². The van der Waals surface area contributed by atoms with Crippen LogP contribution in [-0.2, 0) is 4.74 Å². The summed E-state index contributed by atoms with van der Waals surface area (Å²) in [6, 6.07) is 0. The zero-order valence-corrected chi connectivity index (χ0v) is 10.7. The van der Waals surface area contributed by atoms with Gasteiger partial charge in [0.2, 0.25) is 0 Å². The molecule has 0 bridgehead atoms. The molecule has 1 unspecified atom stereocenters. The molecule has 0 spiro atoms. The van der Waals surface area contributed by atoms with E-state index in [-0.39, 0.29) is 0 Å². The van der Waals surface area contributed by atoms with E-state index in [2.05, 4.69) is 17.9 Å². The maximum Gasteiger partial charge on any atom is 0.0673 e. The molecule has 0 aromatic heterocycles. The van der Waals surface area contributed by atoms with Crippen molar-refractivity contribution in [2.75, 3.05) is 39.9 Å². The zero-order chi connectivity index (χ0) is 11.8. The Bertz CT molecular complexity index is 216. The topological polar surface area (TPSA) is 38.5 Å². The molecule has 0 aromatic carbocycles. The van der Waals surface area contributed by atoms with Gasteiger partial charge in [-0.1, -0.05) is 13.0 Å². The van der Waals surface area contributed by atoms with E-state index in [0.29, 0.717) is 0 Å². The van der Waals surface area contributed by atoms with Gasteiger partial charge in [-0.2, -0.15) is 0 Å². The molecule has 1 rings (SSSR count). The Morgan fingerprint density at radius 1 is 1.56 bits per heavy atom. The van der Waals surface area contributed by atoms with Crippen molar-refractivity contribution in [1.82, 2.24) is 4.90 Å². The molecule has 0 saturated heterocycles. The summed E-state index contributed by atoms with van der Waals surface area (Å²) in [5.74, 6) is 0.765. The van der Waals surface area contributed by atoms with Crippen LogP contribution in [0.2, 0.25) is 0 Å². The number of methoxy groups -OCH3 is 1. The van der Waals surface area contributed by atoms with Gasteiger partial charge in [0.25, 0.3) is 0 Å². The van der Waals surface area contributed by atoms with Crippen LogP contribution in [0.5, 0.6) is 0 Å². The number of nitrogens with two attached hydrogens (primary N) is 1. The molecule has 3 heteroatoms. The van der Waals surface area contributed by atoms with E-state index in [1.165, 1.54) is 25.1 Å². The number of hydrogen-bond acceptors (Lipinski definition) is 3. The van der Waals surface area contributed by atoms with E-state index in [4.69, 9.17) is 10.5 Å². The van der Waals surface area contributed by atoms with Crippen LogP contribution >= 0.6 is 0 Å². The Hall–Kier alpha value is -0.380. The third kappa shape index (κ3) is 5.10. The maximum atomic E-state index is 5.52. The largest absolute Gasteiger partial charge is 0.380 e. The second kappa shape index (κ2) is 7.82. The van der Waals surface area contributed by atoms with Crippen molar-refractivity contribution >= 4 is 0 Å². The second-order valence-corrected chi connectivity index (χ2v) is 4.84. The van der Waals surface area contributed by atoms with E-state index in [0.717, 1.165) is 38.5 Å². The lowest BCUT2D eigenvalue weighted by atomic mass is 10.0. The Morgan fingerprint density at radius 3 is 2.94 bits per heavy atom. The Labute approximate surface area is 99.6 Å². The van der Waals surface area contributed by atoms with Crippen molar-refractivity contribution < 1.29 is 4.74 Å². The quantitative estimate of drug-likeness (QED) is 0.671. The monoisotopic (exact) mass is 226 g/mol. The van der Waals surface area contributed by atoms with Gasteiger partial charge in [0.15, 0.2) is 0 Å². The molecule has 1 aliphatic rings. The Kier molecular flexibility index (Phi) is 6.69. The first-order chi connectivity index (χ1) is 7.76. The maximum absolute atomic E-state index is 5.52. The van der Waals surface area contributed by atoms with Gasteiger partial charge in [0, 0.05) is 26.7 Å². The third-order valence-electron chi connectivity index (χ3n) is 3.19. The van der Waals surface area contributed by atoms with E-state index >= 15 is 0 Å². The highest BCUT2D eigenvalue weighted by atomic mass is 16.5. The van der Waals surface area contributed by atoms with Crippen molar-refractivity contribution in [3.8, 4) is 0 Å². The lowest BCUT2D eigenvalue weighted by Gasteiger charge is -2.28. The van der Waals surface area contributed by atoms with Crippen LogP contribution in [0, 0.1) is 5.92 Å². The fraction of sp³-hybridized carbons (Fsp3) is 0.846. The highest BCUT2D eigenvalue weighted by Gasteiger charge is 2.13. The molecule has 0 aromatic rings. The molecule has 94 valence electrons. The molecular weight excluding hydrogens is 200 g/mol. The summed E-state index contributed by atoms with van der Waals surface area (Å²) in [5, 5.41) is 0. The van der Waals surface area contributed by atoms with Crippen LogP contribution in [-0.4, -0.2) is 44.8 Å². The molecule has 0 saturated carbocycles. The number of rotatable bonds is 7. The first-order valence-electron chi connectivity index (χ1n) is 6.35. The average molecular weight is 226 g/mol. The molecule has 0 fully saturated rings. The van der Waals surface area contributed by atoms with Crippen molar-refractivity contribution in [3.63, 3.8) is 0 Å². The molecule has 0 amide bonds. The van der Waals surface area contributed by atoms with Crippen LogP contribution in [0.15, 0.2) is 11.6 Å². The van der Waals surface area contributed by atoms with E-state index in [1.54, 1.807) is 7.11 Å². The fourth-order valence-corrected chi connectivity index (χ4v) is 2.23. The van der Waals surface area contributed by atoms with Crippen molar-refractivity contribution in [1.29, 1.82) is 0 Å². The van der Waals surface area contributed by atoms with E-state index < -0.39 is 0 Å². The fourth-order valence-electron chi connectivity index (χ4n) is 2.23. The molecule has 2 N–H and O–H groups in total. The van der Waals surface area contributed by atoms with Crippen LogP contribution in [0.25, 0.3) is 0 Å². The molecule has 16 heavy (non-hydrogen) atoms. The van der Waals surface area contributed by atoms with Gasteiger partial charge in [-0.15, -0.1) is 0 Å². The Morgan fingerprint density at radius 2 is 2.38 bits per heavy atom. The molecule has 1 atom stereocenters. The molecule has 1 aliphatic heterocycles. The predicted octanol–water partition coefficient (Wildman–Crippen LogP) is 1.64. The smallest absolute Gasteiger partial charge is 0.0673 e. The average Bonchev–Trinajstić information content (AvgIpc) is 2.29. The van der Waals surface area contributed by atoms with Crippen molar-refractivity contribution in [3.05, 3.63) is 11.6 Å². The normalized spacial score (nSPS) is 19.6. The standard InChI is InChI=1S/C13H26N2O/c1-12(4-3-7-14)10-15-8-5-13(6-9-15)11-16-2/h5,12H,3-4,6-11,14H2,1-2H3. The van der Waals surface area contributed by atoms with Crippen LogP contribution < -0.4 is 5.73 Å². The summed E-state index contributed by atoms with van der Waals surface area (Å²) < 4.78 is 5.15. The number of nitrogens with zero attached hydrogens (tertiary/aromatic N) is 1.